The van der Waals surface area contributed by atoms with Gasteiger partial charge in [-0.15, -0.1) is 11.3 Å². The number of thiophene rings is 1. The van der Waals surface area contributed by atoms with Crippen molar-refractivity contribution in [3.8, 4) is 0 Å². The Balaban J connectivity index is 2.37. The van der Waals surface area contributed by atoms with Gasteiger partial charge in [-0.3, -0.25) is 0 Å². The van der Waals surface area contributed by atoms with Crippen LogP contribution in [0.4, 0.5) is 0 Å². The maximum Gasteiger partial charge on any atom is 0.243 e. The van der Waals surface area contributed by atoms with E-state index in [-0.39, 0.29) is 17.5 Å². The fourth-order valence-electron chi connectivity index (χ4n) is 1.92. The van der Waals surface area contributed by atoms with E-state index in [1.54, 1.807) is 7.05 Å². The first-order valence-corrected chi connectivity index (χ1v) is 8.98. The van der Waals surface area contributed by atoms with E-state index in [9.17, 15) is 13.5 Å². The molecule has 0 aliphatic heterocycles. The lowest BCUT2D eigenvalue weighted by Gasteiger charge is -2.23. The predicted octanol–water partition coefficient (Wildman–Crippen LogP) is 3.28. The van der Waals surface area contributed by atoms with E-state index in [1.807, 2.05) is 24.4 Å². The fraction of sp³-hybridized carbons (Fsp3) is 0.286. The van der Waals surface area contributed by atoms with E-state index in [1.165, 1.54) is 33.8 Å². The summed E-state index contributed by atoms with van der Waals surface area (Å²) in [5.41, 5.74) is 0.398. The number of hydrogen-bond donors (Lipinski definition) is 1. The zero-order chi connectivity index (χ0) is 15.6. The summed E-state index contributed by atoms with van der Waals surface area (Å²) in [5, 5.41) is 11.5. The highest BCUT2D eigenvalue weighted by Crippen LogP contribution is 2.29. The second kappa shape index (κ2) is 6.46. The maximum atomic E-state index is 12.7. The predicted molar refractivity (Wildman–Crippen MR) is 85.1 cm³/mol. The number of hydrogen-bond acceptors (Lipinski definition) is 4. The number of nitrogens with zero attached hydrogens (tertiary/aromatic N) is 1. The summed E-state index contributed by atoms with van der Waals surface area (Å²) >= 11 is 7.42. The molecule has 0 saturated heterocycles. The van der Waals surface area contributed by atoms with Gasteiger partial charge in [0.2, 0.25) is 10.0 Å². The Morgan fingerprint density at radius 3 is 2.67 bits per heavy atom. The van der Waals surface area contributed by atoms with E-state index in [2.05, 4.69) is 0 Å². The van der Waals surface area contributed by atoms with Gasteiger partial charge in [0.15, 0.2) is 0 Å². The highest BCUT2D eigenvalue weighted by atomic mass is 35.5. The van der Waals surface area contributed by atoms with Crippen LogP contribution in [0, 0.1) is 0 Å². The van der Waals surface area contributed by atoms with Gasteiger partial charge < -0.3 is 5.11 Å². The summed E-state index contributed by atoms with van der Waals surface area (Å²) < 4.78 is 26.6. The third-order valence-corrected chi connectivity index (χ3v) is 6.70. The lowest BCUT2D eigenvalue weighted by atomic mass is 10.2. The average molecular weight is 346 g/mol. The average Bonchev–Trinajstić information content (AvgIpc) is 3.00. The zero-order valence-electron chi connectivity index (χ0n) is 11.7. The van der Waals surface area contributed by atoms with Crippen molar-refractivity contribution >= 4 is 33.0 Å². The Hall–Kier alpha value is -0.920. The lowest BCUT2D eigenvalue weighted by molar-refractivity contribution is 0.281. The minimum atomic E-state index is -3.64. The highest BCUT2D eigenvalue weighted by molar-refractivity contribution is 7.89. The van der Waals surface area contributed by atoms with Crippen LogP contribution in [0.2, 0.25) is 5.02 Å². The molecule has 7 heteroatoms. The van der Waals surface area contributed by atoms with Crippen LogP contribution in [0.25, 0.3) is 0 Å². The van der Waals surface area contributed by atoms with Crippen LogP contribution in [0.1, 0.15) is 23.4 Å². The highest BCUT2D eigenvalue weighted by Gasteiger charge is 2.27. The maximum absolute atomic E-state index is 12.7. The van der Waals surface area contributed by atoms with Crippen molar-refractivity contribution in [1.29, 1.82) is 0 Å². The molecule has 0 bridgehead atoms. The molecule has 1 aromatic carbocycles. The molecule has 1 unspecified atom stereocenters. The molecule has 2 rings (SSSR count). The Labute approximate surface area is 133 Å². The third kappa shape index (κ3) is 3.30. The number of aliphatic hydroxyl groups excluding tert-OH is 1. The van der Waals surface area contributed by atoms with Gasteiger partial charge in [0.25, 0.3) is 0 Å². The summed E-state index contributed by atoms with van der Waals surface area (Å²) in [7, 11) is -2.09. The van der Waals surface area contributed by atoms with Gasteiger partial charge in [0.05, 0.1) is 17.5 Å². The van der Waals surface area contributed by atoms with E-state index in [0.29, 0.717) is 10.6 Å². The van der Waals surface area contributed by atoms with Gasteiger partial charge in [0, 0.05) is 16.9 Å². The largest absolute Gasteiger partial charge is 0.392 e. The summed E-state index contributed by atoms with van der Waals surface area (Å²) in [4.78, 5) is 1.10. The molecular weight excluding hydrogens is 330 g/mol. The summed E-state index contributed by atoms with van der Waals surface area (Å²) in [6.07, 6.45) is 0. The molecule has 0 saturated carbocycles. The second-order valence-electron chi connectivity index (χ2n) is 4.62. The summed E-state index contributed by atoms with van der Waals surface area (Å²) in [5.74, 6) is 0. The SMILES string of the molecule is CC(c1cccs1)N(C)S(=O)(=O)c1ccc(Cl)c(CO)c1. The van der Waals surface area contributed by atoms with Gasteiger partial charge in [0.1, 0.15) is 0 Å². The van der Waals surface area contributed by atoms with Crippen LogP contribution in [0.3, 0.4) is 0 Å². The number of rotatable bonds is 5. The van der Waals surface area contributed by atoms with Crippen LogP contribution in [-0.2, 0) is 16.6 Å². The van der Waals surface area contributed by atoms with Gasteiger partial charge in [-0.05, 0) is 42.1 Å². The lowest BCUT2D eigenvalue weighted by Crippen LogP contribution is -2.29. The molecule has 0 fully saturated rings. The molecule has 1 heterocycles. The molecule has 0 aliphatic carbocycles. The number of aliphatic hydroxyl groups is 1. The molecule has 1 atom stereocenters. The minimum absolute atomic E-state index is 0.127. The van der Waals surface area contributed by atoms with Crippen molar-refractivity contribution in [1.82, 2.24) is 4.31 Å². The molecule has 0 aliphatic rings. The van der Waals surface area contributed by atoms with Crippen molar-refractivity contribution in [3.63, 3.8) is 0 Å². The van der Waals surface area contributed by atoms with Crippen molar-refractivity contribution < 1.29 is 13.5 Å². The Morgan fingerprint density at radius 2 is 2.10 bits per heavy atom. The molecule has 1 N–H and O–H groups in total. The zero-order valence-corrected chi connectivity index (χ0v) is 14.0. The van der Waals surface area contributed by atoms with Crippen molar-refractivity contribution in [2.24, 2.45) is 0 Å². The number of sulfonamides is 1. The summed E-state index contributed by atoms with van der Waals surface area (Å²) in [6, 6.07) is 7.89. The second-order valence-corrected chi connectivity index (χ2v) is 8.01. The molecule has 4 nitrogen and oxygen atoms in total. The molecular formula is C14H16ClNO3S2. The van der Waals surface area contributed by atoms with Crippen molar-refractivity contribution in [2.75, 3.05) is 7.05 Å². The van der Waals surface area contributed by atoms with E-state index >= 15 is 0 Å². The Kier molecular flexibility index (Phi) is 5.06. The Morgan fingerprint density at radius 1 is 1.38 bits per heavy atom. The van der Waals surface area contributed by atoms with Gasteiger partial charge >= 0.3 is 0 Å². The fourth-order valence-corrected chi connectivity index (χ4v) is 4.38. The molecule has 0 radical (unpaired) electrons. The Bertz CT molecular complexity index is 714. The van der Waals surface area contributed by atoms with Crippen LogP contribution in [-0.4, -0.2) is 24.9 Å². The van der Waals surface area contributed by atoms with Crippen LogP contribution < -0.4 is 0 Å². The van der Waals surface area contributed by atoms with E-state index < -0.39 is 10.0 Å². The quantitative estimate of drug-likeness (QED) is 0.904. The van der Waals surface area contributed by atoms with Crippen LogP contribution in [0.5, 0.6) is 0 Å². The molecule has 1 aromatic heterocycles. The monoisotopic (exact) mass is 345 g/mol. The van der Waals surface area contributed by atoms with Crippen LogP contribution >= 0.6 is 22.9 Å². The third-order valence-electron chi connectivity index (χ3n) is 3.36. The topological polar surface area (TPSA) is 57.6 Å². The molecule has 2 aromatic rings. The first-order chi connectivity index (χ1) is 9.87. The summed E-state index contributed by atoms with van der Waals surface area (Å²) in [6.45, 7) is 1.54. The van der Waals surface area contributed by atoms with Crippen molar-refractivity contribution in [2.45, 2.75) is 24.5 Å². The molecule has 0 spiro atoms. The molecule has 21 heavy (non-hydrogen) atoms. The normalized spacial score (nSPS) is 13.6. The first kappa shape index (κ1) is 16.5. The van der Waals surface area contributed by atoms with Crippen LogP contribution in [0.15, 0.2) is 40.6 Å². The number of benzene rings is 1. The van der Waals surface area contributed by atoms with Gasteiger partial charge in [-0.2, -0.15) is 4.31 Å². The van der Waals surface area contributed by atoms with Gasteiger partial charge in [-0.1, -0.05) is 17.7 Å². The standard InChI is InChI=1S/C14H16ClNO3S2/c1-10(14-4-3-7-20-14)16(2)21(18,19)12-5-6-13(15)11(8-12)9-17/h3-8,10,17H,9H2,1-2H3. The van der Waals surface area contributed by atoms with Gasteiger partial charge in [-0.25, -0.2) is 8.42 Å². The molecule has 114 valence electrons. The van der Waals surface area contributed by atoms with E-state index in [4.69, 9.17) is 11.6 Å². The smallest absolute Gasteiger partial charge is 0.243 e. The number of halogens is 1. The first-order valence-electron chi connectivity index (χ1n) is 6.28. The minimum Gasteiger partial charge on any atom is -0.392 e. The van der Waals surface area contributed by atoms with E-state index in [0.717, 1.165) is 4.88 Å². The van der Waals surface area contributed by atoms with Crippen molar-refractivity contribution in [3.05, 3.63) is 51.2 Å². The molecule has 0 amide bonds.